The Labute approximate surface area is 189 Å². The van der Waals surface area contributed by atoms with Gasteiger partial charge in [-0.3, -0.25) is 9.59 Å². The van der Waals surface area contributed by atoms with Crippen molar-refractivity contribution in [2.24, 2.45) is 5.92 Å². The second-order valence-electron chi connectivity index (χ2n) is 8.73. The highest BCUT2D eigenvalue weighted by atomic mass is 16.7. The summed E-state index contributed by atoms with van der Waals surface area (Å²) < 4.78 is 10.8. The summed E-state index contributed by atoms with van der Waals surface area (Å²) in [6, 6.07) is 11.7. The van der Waals surface area contributed by atoms with Gasteiger partial charge in [0, 0.05) is 37.8 Å². The number of nitrogens with one attached hydrogen (secondary N) is 2. The third kappa shape index (κ3) is 5.59. The molecule has 7 heteroatoms. The normalized spacial score (nSPS) is 15.6. The number of fused-ring (bicyclic) bond motifs is 1. The number of benzene rings is 2. The Morgan fingerprint density at radius 1 is 1.03 bits per heavy atom. The number of rotatable bonds is 8. The number of amides is 2. The Kier molecular flexibility index (Phi) is 6.95. The Morgan fingerprint density at radius 2 is 1.81 bits per heavy atom. The lowest BCUT2D eigenvalue weighted by Gasteiger charge is -2.18. The number of hydrogen-bond acceptors (Lipinski definition) is 5. The quantitative estimate of drug-likeness (QED) is 0.660. The minimum Gasteiger partial charge on any atom is -0.454 e. The Hall–Kier alpha value is -3.06. The minimum atomic E-state index is -0.146. The van der Waals surface area contributed by atoms with Gasteiger partial charge in [-0.15, -0.1) is 0 Å². The number of carbonyl (C=O) groups excluding carboxylic acids is 2. The maximum atomic E-state index is 12.9. The van der Waals surface area contributed by atoms with Gasteiger partial charge in [0.05, 0.1) is 0 Å². The second-order valence-corrected chi connectivity index (χ2v) is 8.73. The largest absolute Gasteiger partial charge is 0.454 e. The summed E-state index contributed by atoms with van der Waals surface area (Å²) in [5.74, 6) is 1.92. The highest BCUT2D eigenvalue weighted by molar-refractivity contribution is 5.97. The third-order valence-corrected chi connectivity index (χ3v) is 5.80. The van der Waals surface area contributed by atoms with E-state index in [1.807, 2.05) is 29.2 Å². The van der Waals surface area contributed by atoms with E-state index in [1.165, 1.54) is 12.5 Å². The van der Waals surface area contributed by atoms with E-state index in [0.29, 0.717) is 23.7 Å². The van der Waals surface area contributed by atoms with E-state index in [2.05, 4.69) is 23.6 Å². The van der Waals surface area contributed by atoms with Crippen LogP contribution < -0.4 is 20.1 Å². The molecule has 0 bridgehead atoms. The van der Waals surface area contributed by atoms with Gasteiger partial charge in [0.25, 0.3) is 5.91 Å². The lowest BCUT2D eigenvalue weighted by molar-refractivity contribution is -0.114. The van der Waals surface area contributed by atoms with Crippen molar-refractivity contribution in [2.45, 2.75) is 39.7 Å². The number of ether oxygens (including phenoxy) is 2. The Bertz CT molecular complexity index is 985. The molecule has 7 nitrogen and oxygen atoms in total. The minimum absolute atomic E-state index is 0.0344. The van der Waals surface area contributed by atoms with Gasteiger partial charge in [0.2, 0.25) is 12.7 Å². The fourth-order valence-corrected chi connectivity index (χ4v) is 4.30. The summed E-state index contributed by atoms with van der Waals surface area (Å²) in [5.41, 5.74) is 3.49. The van der Waals surface area contributed by atoms with Gasteiger partial charge in [0.15, 0.2) is 11.5 Å². The summed E-state index contributed by atoms with van der Waals surface area (Å²) in [6.07, 6.45) is 3.02. The van der Waals surface area contributed by atoms with Gasteiger partial charge in [-0.25, -0.2) is 0 Å². The summed E-state index contributed by atoms with van der Waals surface area (Å²) >= 11 is 0. The highest BCUT2D eigenvalue weighted by Crippen LogP contribution is 2.33. The van der Waals surface area contributed by atoms with E-state index in [0.717, 1.165) is 56.0 Å². The van der Waals surface area contributed by atoms with E-state index in [9.17, 15) is 9.59 Å². The molecule has 0 radical (unpaired) electrons. The van der Waals surface area contributed by atoms with Crippen molar-refractivity contribution in [3.8, 4) is 11.5 Å². The van der Waals surface area contributed by atoms with Crippen molar-refractivity contribution < 1.29 is 19.1 Å². The lowest BCUT2D eigenvalue weighted by Crippen LogP contribution is -2.28. The molecule has 2 aromatic carbocycles. The van der Waals surface area contributed by atoms with Crippen LogP contribution in [0.25, 0.3) is 0 Å². The predicted octanol–water partition coefficient (Wildman–Crippen LogP) is 3.58. The van der Waals surface area contributed by atoms with Crippen LogP contribution in [-0.4, -0.2) is 43.1 Å². The monoisotopic (exact) mass is 437 g/mol. The van der Waals surface area contributed by atoms with Crippen LogP contribution in [0.3, 0.4) is 0 Å². The molecular formula is C25H31N3O4. The first kappa shape index (κ1) is 22.1. The third-order valence-electron chi connectivity index (χ3n) is 5.80. The van der Waals surface area contributed by atoms with Crippen molar-refractivity contribution >= 4 is 17.5 Å². The molecule has 2 aliphatic heterocycles. The molecular weight excluding hydrogens is 406 g/mol. The number of hydrogen-bond donors (Lipinski definition) is 2. The maximum absolute atomic E-state index is 12.9. The van der Waals surface area contributed by atoms with Crippen LogP contribution in [0.4, 0.5) is 5.69 Å². The summed E-state index contributed by atoms with van der Waals surface area (Å²) in [6.45, 7) is 7.02. The van der Waals surface area contributed by atoms with Gasteiger partial charge in [-0.2, -0.15) is 0 Å². The molecule has 0 aromatic heterocycles. The zero-order chi connectivity index (χ0) is 22.5. The Balaban J connectivity index is 1.36. The predicted molar refractivity (Wildman–Crippen MR) is 123 cm³/mol. The molecule has 4 rings (SSSR count). The van der Waals surface area contributed by atoms with E-state index in [4.69, 9.17) is 9.47 Å². The molecule has 2 aromatic rings. The van der Waals surface area contributed by atoms with E-state index >= 15 is 0 Å². The molecule has 0 spiro atoms. The lowest BCUT2D eigenvalue weighted by atomic mass is 10.0. The summed E-state index contributed by atoms with van der Waals surface area (Å²) in [4.78, 5) is 26.3. The van der Waals surface area contributed by atoms with E-state index in [-0.39, 0.29) is 18.6 Å². The number of likely N-dealkylation sites (tertiary alicyclic amines) is 1. The first-order valence-electron chi connectivity index (χ1n) is 11.3. The van der Waals surface area contributed by atoms with Crippen LogP contribution >= 0.6 is 0 Å². The first-order chi connectivity index (χ1) is 15.5. The van der Waals surface area contributed by atoms with Crippen LogP contribution in [-0.2, 0) is 17.8 Å². The van der Waals surface area contributed by atoms with Gasteiger partial charge < -0.3 is 25.0 Å². The molecule has 2 heterocycles. The van der Waals surface area contributed by atoms with Gasteiger partial charge in [0.1, 0.15) is 0 Å². The molecule has 0 saturated carbocycles. The van der Waals surface area contributed by atoms with Crippen molar-refractivity contribution in [1.29, 1.82) is 0 Å². The summed E-state index contributed by atoms with van der Waals surface area (Å²) in [5, 5.41) is 6.32. The van der Waals surface area contributed by atoms with Crippen molar-refractivity contribution in [3.05, 3.63) is 53.1 Å². The standard InChI is InChI=1S/C25H31N3O4/c1-17(9-19-5-6-23-24(12-19)32-16-31-23)14-26-15-20-10-21(13-22(11-20)27-18(2)29)25(30)28-7-3-4-8-28/h5-6,10-13,17,26H,3-4,7-9,14-16H2,1-2H3,(H,27,29). The average molecular weight is 438 g/mol. The number of anilines is 1. The van der Waals surface area contributed by atoms with E-state index in [1.54, 1.807) is 6.07 Å². The molecule has 0 aliphatic carbocycles. The molecule has 1 fully saturated rings. The zero-order valence-electron chi connectivity index (χ0n) is 18.8. The van der Waals surface area contributed by atoms with Crippen LogP contribution in [0.5, 0.6) is 11.5 Å². The Morgan fingerprint density at radius 3 is 2.59 bits per heavy atom. The molecule has 170 valence electrons. The fraction of sp³-hybridized carbons (Fsp3) is 0.440. The molecule has 1 unspecified atom stereocenters. The van der Waals surface area contributed by atoms with Crippen LogP contribution in [0.15, 0.2) is 36.4 Å². The average Bonchev–Trinajstić information content (AvgIpc) is 3.44. The molecule has 2 aliphatic rings. The van der Waals surface area contributed by atoms with Crippen molar-refractivity contribution in [3.63, 3.8) is 0 Å². The molecule has 32 heavy (non-hydrogen) atoms. The second kappa shape index (κ2) is 10.0. The van der Waals surface area contributed by atoms with Crippen LogP contribution in [0.1, 0.15) is 48.2 Å². The van der Waals surface area contributed by atoms with Crippen molar-refractivity contribution in [2.75, 3.05) is 31.7 Å². The molecule has 2 amide bonds. The summed E-state index contributed by atoms with van der Waals surface area (Å²) in [7, 11) is 0. The highest BCUT2D eigenvalue weighted by Gasteiger charge is 2.20. The van der Waals surface area contributed by atoms with E-state index < -0.39 is 0 Å². The van der Waals surface area contributed by atoms with Crippen LogP contribution in [0.2, 0.25) is 0 Å². The first-order valence-corrected chi connectivity index (χ1v) is 11.3. The number of nitrogens with zero attached hydrogens (tertiary/aromatic N) is 1. The topological polar surface area (TPSA) is 79.9 Å². The zero-order valence-corrected chi connectivity index (χ0v) is 18.8. The maximum Gasteiger partial charge on any atom is 0.253 e. The molecule has 1 saturated heterocycles. The van der Waals surface area contributed by atoms with Crippen molar-refractivity contribution in [1.82, 2.24) is 10.2 Å². The molecule has 1 atom stereocenters. The fourth-order valence-electron chi connectivity index (χ4n) is 4.30. The smallest absolute Gasteiger partial charge is 0.253 e. The van der Waals surface area contributed by atoms with Crippen LogP contribution in [0, 0.1) is 5.92 Å². The SMILES string of the molecule is CC(=O)Nc1cc(CNCC(C)Cc2ccc3c(c2)OCO3)cc(C(=O)N2CCCC2)c1. The van der Waals surface area contributed by atoms with Gasteiger partial charge >= 0.3 is 0 Å². The number of carbonyl (C=O) groups is 2. The van der Waals surface area contributed by atoms with Gasteiger partial charge in [-0.1, -0.05) is 13.0 Å². The van der Waals surface area contributed by atoms with Gasteiger partial charge in [-0.05, 0) is 73.2 Å². The molecule has 2 N–H and O–H groups in total.